The number of hydrogen-bond acceptors (Lipinski definition) is 2. The van der Waals surface area contributed by atoms with Gasteiger partial charge < -0.3 is 0 Å². The van der Waals surface area contributed by atoms with Gasteiger partial charge in [-0.05, 0) is 12.3 Å². The Morgan fingerprint density at radius 3 is 3.00 bits per heavy atom. The molecule has 0 spiro atoms. The van der Waals surface area contributed by atoms with E-state index < -0.39 is 0 Å². The van der Waals surface area contributed by atoms with Crippen LogP contribution in [0.15, 0.2) is 11.7 Å². The molecule has 0 aliphatic carbocycles. The van der Waals surface area contributed by atoms with E-state index in [1.54, 1.807) is 11.3 Å². The van der Waals surface area contributed by atoms with Crippen molar-refractivity contribution in [2.45, 2.75) is 19.8 Å². The second-order valence-corrected chi connectivity index (χ2v) is 4.22. The molecule has 0 radical (unpaired) electrons. The van der Waals surface area contributed by atoms with Crippen molar-refractivity contribution in [2.24, 2.45) is 5.92 Å². The number of aromatic nitrogens is 1. The van der Waals surface area contributed by atoms with E-state index in [1.165, 1.54) is 17.7 Å². The average Bonchev–Trinajstić information content (AvgIpc) is 2.52. The highest BCUT2D eigenvalue weighted by molar-refractivity contribution is 9.09. The van der Waals surface area contributed by atoms with E-state index in [9.17, 15) is 0 Å². The van der Waals surface area contributed by atoms with E-state index in [1.807, 2.05) is 11.7 Å². The lowest BCUT2D eigenvalue weighted by Crippen LogP contribution is -2.02. The Morgan fingerprint density at radius 2 is 2.55 bits per heavy atom. The summed E-state index contributed by atoms with van der Waals surface area (Å²) in [5.74, 6) is 0.774. The van der Waals surface area contributed by atoms with Gasteiger partial charge in [0.2, 0.25) is 0 Å². The van der Waals surface area contributed by atoms with Crippen LogP contribution in [0.25, 0.3) is 0 Å². The van der Waals surface area contributed by atoms with Gasteiger partial charge in [-0.1, -0.05) is 29.3 Å². The van der Waals surface area contributed by atoms with Gasteiger partial charge in [-0.3, -0.25) is 4.98 Å². The second-order valence-electron chi connectivity index (χ2n) is 2.60. The van der Waals surface area contributed by atoms with Crippen molar-refractivity contribution in [3.63, 3.8) is 0 Å². The molecule has 0 aliphatic heterocycles. The van der Waals surface area contributed by atoms with Gasteiger partial charge in [0.05, 0.1) is 5.51 Å². The van der Waals surface area contributed by atoms with Crippen molar-refractivity contribution in [1.82, 2.24) is 4.98 Å². The topological polar surface area (TPSA) is 12.9 Å². The first-order valence-electron chi connectivity index (χ1n) is 3.80. The highest BCUT2D eigenvalue weighted by Crippen LogP contribution is 2.16. The van der Waals surface area contributed by atoms with E-state index in [4.69, 9.17) is 0 Å². The lowest BCUT2D eigenvalue weighted by molar-refractivity contribution is 0.578. The molecular formula is C8H12BrNS. The summed E-state index contributed by atoms with van der Waals surface area (Å²) in [7, 11) is 0. The maximum Gasteiger partial charge on any atom is 0.0794 e. The smallest absolute Gasteiger partial charge is 0.0794 e. The fourth-order valence-corrected chi connectivity index (χ4v) is 2.33. The summed E-state index contributed by atoms with van der Waals surface area (Å²) in [6.45, 7) is 2.23. The standard InChI is InChI=1S/C8H12BrNS/c1-2-7(4-9)3-8-5-10-6-11-8/h5-7H,2-4H2,1H3. The first-order chi connectivity index (χ1) is 5.36. The van der Waals surface area contributed by atoms with Gasteiger partial charge in [-0.15, -0.1) is 11.3 Å². The van der Waals surface area contributed by atoms with E-state index in [-0.39, 0.29) is 0 Å². The molecular weight excluding hydrogens is 222 g/mol. The van der Waals surface area contributed by atoms with Gasteiger partial charge in [0, 0.05) is 16.4 Å². The van der Waals surface area contributed by atoms with Gasteiger partial charge >= 0.3 is 0 Å². The lowest BCUT2D eigenvalue weighted by Gasteiger charge is -2.07. The zero-order valence-corrected chi connectivity index (χ0v) is 8.99. The summed E-state index contributed by atoms with van der Waals surface area (Å²) in [4.78, 5) is 5.45. The van der Waals surface area contributed by atoms with Gasteiger partial charge in [-0.25, -0.2) is 0 Å². The monoisotopic (exact) mass is 233 g/mol. The number of thiazole rings is 1. The fourth-order valence-electron chi connectivity index (χ4n) is 0.935. The molecule has 1 atom stereocenters. The van der Waals surface area contributed by atoms with Crippen molar-refractivity contribution in [3.8, 4) is 0 Å². The Labute approximate surface area is 80.0 Å². The lowest BCUT2D eigenvalue weighted by atomic mass is 10.1. The van der Waals surface area contributed by atoms with Crippen molar-refractivity contribution in [1.29, 1.82) is 0 Å². The second kappa shape index (κ2) is 4.88. The quantitative estimate of drug-likeness (QED) is 0.729. The molecule has 0 saturated heterocycles. The maximum absolute atomic E-state index is 4.05. The van der Waals surface area contributed by atoms with E-state index in [0.717, 1.165) is 11.2 Å². The van der Waals surface area contributed by atoms with Gasteiger partial charge in [-0.2, -0.15) is 0 Å². The van der Waals surface area contributed by atoms with Crippen molar-refractivity contribution in [3.05, 3.63) is 16.6 Å². The molecule has 1 aromatic rings. The summed E-state index contributed by atoms with van der Waals surface area (Å²) in [5, 5.41) is 1.10. The van der Waals surface area contributed by atoms with Gasteiger partial charge in [0.1, 0.15) is 0 Å². The Bertz CT molecular complexity index is 182. The summed E-state index contributed by atoms with van der Waals surface area (Å²) in [6, 6.07) is 0. The predicted molar refractivity (Wildman–Crippen MR) is 53.4 cm³/mol. The molecule has 0 saturated carbocycles. The highest BCUT2D eigenvalue weighted by atomic mass is 79.9. The summed E-state index contributed by atoms with van der Waals surface area (Å²) < 4.78 is 0. The van der Waals surface area contributed by atoms with Gasteiger partial charge in [0.25, 0.3) is 0 Å². The summed E-state index contributed by atoms with van der Waals surface area (Å²) in [5.41, 5.74) is 1.90. The first-order valence-corrected chi connectivity index (χ1v) is 5.80. The van der Waals surface area contributed by atoms with Crippen LogP contribution in [0.2, 0.25) is 0 Å². The number of hydrogen-bond donors (Lipinski definition) is 0. The highest BCUT2D eigenvalue weighted by Gasteiger charge is 2.05. The van der Waals surface area contributed by atoms with Crippen LogP contribution in [0.1, 0.15) is 18.2 Å². The third-order valence-electron chi connectivity index (χ3n) is 1.77. The molecule has 1 rings (SSSR count). The molecule has 11 heavy (non-hydrogen) atoms. The van der Waals surface area contributed by atoms with E-state index in [0.29, 0.717) is 0 Å². The minimum atomic E-state index is 0.774. The minimum Gasteiger partial charge on any atom is -0.253 e. The molecule has 62 valence electrons. The molecule has 0 amide bonds. The van der Waals surface area contributed by atoms with Crippen LogP contribution >= 0.6 is 27.3 Å². The molecule has 1 aromatic heterocycles. The van der Waals surface area contributed by atoms with Gasteiger partial charge in [0.15, 0.2) is 0 Å². The molecule has 3 heteroatoms. The summed E-state index contributed by atoms with van der Waals surface area (Å²) >= 11 is 5.26. The third kappa shape index (κ3) is 2.91. The Balaban J connectivity index is 2.41. The predicted octanol–water partition coefficient (Wildman–Crippen LogP) is 3.11. The first kappa shape index (κ1) is 9.20. The number of nitrogens with zero attached hydrogens (tertiary/aromatic N) is 1. The van der Waals surface area contributed by atoms with Crippen LogP contribution in [0.3, 0.4) is 0 Å². The van der Waals surface area contributed by atoms with Crippen LogP contribution < -0.4 is 0 Å². The largest absolute Gasteiger partial charge is 0.253 e. The maximum atomic E-state index is 4.05. The van der Waals surface area contributed by atoms with Crippen LogP contribution in [0.5, 0.6) is 0 Å². The van der Waals surface area contributed by atoms with Crippen LogP contribution in [-0.4, -0.2) is 10.3 Å². The molecule has 1 unspecified atom stereocenters. The normalized spacial score (nSPS) is 13.3. The molecule has 0 bridgehead atoms. The molecule has 0 aromatic carbocycles. The number of rotatable bonds is 4. The fraction of sp³-hybridized carbons (Fsp3) is 0.625. The molecule has 0 aliphatic rings. The molecule has 1 heterocycles. The SMILES string of the molecule is CCC(CBr)Cc1cncs1. The summed E-state index contributed by atoms with van der Waals surface area (Å²) in [6.07, 6.45) is 4.38. The van der Waals surface area contributed by atoms with Crippen molar-refractivity contribution < 1.29 is 0 Å². The van der Waals surface area contributed by atoms with E-state index >= 15 is 0 Å². The Morgan fingerprint density at radius 1 is 1.73 bits per heavy atom. The number of halogens is 1. The third-order valence-corrected chi connectivity index (χ3v) is 3.49. The molecule has 0 N–H and O–H groups in total. The van der Waals surface area contributed by atoms with Crippen molar-refractivity contribution >= 4 is 27.3 Å². The number of alkyl halides is 1. The average molecular weight is 234 g/mol. The zero-order chi connectivity index (χ0) is 8.10. The Kier molecular flexibility index (Phi) is 4.08. The zero-order valence-electron chi connectivity index (χ0n) is 6.59. The molecule has 0 fully saturated rings. The Hall–Kier alpha value is 0.110. The minimum absolute atomic E-state index is 0.774. The van der Waals surface area contributed by atoms with Crippen LogP contribution in [0.4, 0.5) is 0 Å². The van der Waals surface area contributed by atoms with Crippen LogP contribution in [-0.2, 0) is 6.42 Å². The molecule has 1 nitrogen and oxygen atoms in total. The van der Waals surface area contributed by atoms with Crippen molar-refractivity contribution in [2.75, 3.05) is 5.33 Å². The van der Waals surface area contributed by atoms with E-state index in [2.05, 4.69) is 27.8 Å². The van der Waals surface area contributed by atoms with Crippen LogP contribution in [0, 0.1) is 5.92 Å².